The van der Waals surface area contributed by atoms with Gasteiger partial charge in [0.05, 0.1) is 12.3 Å². The molecule has 25 heavy (non-hydrogen) atoms. The van der Waals surface area contributed by atoms with E-state index >= 15 is 0 Å². The average Bonchev–Trinajstić information content (AvgIpc) is 3.24. The number of ether oxygens (including phenoxy) is 1. The van der Waals surface area contributed by atoms with Gasteiger partial charge in [0.2, 0.25) is 11.3 Å². The van der Waals surface area contributed by atoms with Gasteiger partial charge in [-0.15, -0.1) is 11.3 Å². The highest BCUT2D eigenvalue weighted by Gasteiger charge is 2.55. The van der Waals surface area contributed by atoms with Crippen molar-refractivity contribution < 1.29 is 14.3 Å². The van der Waals surface area contributed by atoms with Gasteiger partial charge >= 0.3 is 5.97 Å². The van der Waals surface area contributed by atoms with Gasteiger partial charge in [-0.05, 0) is 29.8 Å². The lowest BCUT2D eigenvalue weighted by atomic mass is 9.91. The van der Waals surface area contributed by atoms with E-state index in [1.807, 2.05) is 35.7 Å². The fraction of sp³-hybridized carbons (Fsp3) is 0.158. The molecular weight excluding hydrogens is 402 g/mol. The summed E-state index contributed by atoms with van der Waals surface area (Å²) in [5.41, 5.74) is -0.354. The second-order valence-electron chi connectivity index (χ2n) is 5.73. The predicted octanol–water partition coefficient (Wildman–Crippen LogP) is 4.73. The summed E-state index contributed by atoms with van der Waals surface area (Å²) in [6.45, 7) is 1.94. The zero-order chi connectivity index (χ0) is 17.6. The highest BCUT2D eigenvalue weighted by molar-refractivity contribution is 9.10. The van der Waals surface area contributed by atoms with E-state index in [1.165, 1.54) is 11.3 Å². The molecule has 1 N–H and O–H groups in total. The van der Waals surface area contributed by atoms with Crippen molar-refractivity contribution in [2.45, 2.75) is 12.5 Å². The number of benzene rings is 2. The minimum atomic E-state index is -1.52. The maximum atomic E-state index is 13.4. The van der Waals surface area contributed by atoms with Crippen molar-refractivity contribution in [2.24, 2.45) is 0 Å². The number of thiophene rings is 1. The number of hydrogen-bond acceptors (Lipinski definition) is 5. The Balaban J connectivity index is 1.99. The summed E-state index contributed by atoms with van der Waals surface area (Å²) >= 11 is 4.90. The molecular formula is C19H14BrNO3S. The lowest BCUT2D eigenvalue weighted by Crippen LogP contribution is -2.47. The Labute approximate surface area is 156 Å². The zero-order valence-electron chi connectivity index (χ0n) is 13.3. The molecule has 1 aromatic heterocycles. The van der Waals surface area contributed by atoms with Crippen molar-refractivity contribution in [3.05, 3.63) is 62.8 Å². The molecule has 1 aliphatic rings. The predicted molar refractivity (Wildman–Crippen MR) is 102 cm³/mol. The zero-order valence-corrected chi connectivity index (χ0v) is 15.7. The van der Waals surface area contributed by atoms with E-state index in [2.05, 4.69) is 21.2 Å². The van der Waals surface area contributed by atoms with Gasteiger partial charge in [0.15, 0.2) is 0 Å². The SMILES string of the molecule is CCOC(=O)[C@]1(c2cccs2)Nc2c(cc(Br)c3ccccc23)C1=O. The maximum absolute atomic E-state index is 13.4. The van der Waals surface area contributed by atoms with Crippen molar-refractivity contribution in [3.8, 4) is 0 Å². The lowest BCUT2D eigenvalue weighted by Gasteiger charge is -2.25. The molecule has 4 nitrogen and oxygen atoms in total. The summed E-state index contributed by atoms with van der Waals surface area (Å²) in [4.78, 5) is 26.8. The van der Waals surface area contributed by atoms with Gasteiger partial charge in [0.1, 0.15) is 0 Å². The number of anilines is 1. The number of halogens is 1. The average molecular weight is 416 g/mol. The smallest absolute Gasteiger partial charge is 0.345 e. The fourth-order valence-electron chi connectivity index (χ4n) is 3.24. The second-order valence-corrected chi connectivity index (χ2v) is 7.53. The van der Waals surface area contributed by atoms with Gasteiger partial charge in [-0.1, -0.05) is 46.3 Å². The van der Waals surface area contributed by atoms with E-state index in [9.17, 15) is 9.59 Å². The topological polar surface area (TPSA) is 55.4 Å². The van der Waals surface area contributed by atoms with Crippen molar-refractivity contribution >= 4 is 55.5 Å². The van der Waals surface area contributed by atoms with Crippen LogP contribution in [0.4, 0.5) is 5.69 Å². The largest absolute Gasteiger partial charge is 0.464 e. The van der Waals surface area contributed by atoms with Gasteiger partial charge < -0.3 is 10.1 Å². The van der Waals surface area contributed by atoms with E-state index in [4.69, 9.17) is 4.74 Å². The van der Waals surface area contributed by atoms with Crippen molar-refractivity contribution in [2.75, 3.05) is 11.9 Å². The molecule has 6 heteroatoms. The number of carbonyl (C=O) groups excluding carboxylic acids is 2. The molecule has 2 heterocycles. The third-order valence-electron chi connectivity index (χ3n) is 4.36. The Morgan fingerprint density at radius 1 is 1.24 bits per heavy atom. The van der Waals surface area contributed by atoms with Crippen molar-refractivity contribution in [1.29, 1.82) is 0 Å². The third kappa shape index (κ3) is 2.24. The summed E-state index contributed by atoms with van der Waals surface area (Å²) in [6.07, 6.45) is 0. The van der Waals surface area contributed by atoms with Crippen LogP contribution in [0.5, 0.6) is 0 Å². The first kappa shape index (κ1) is 16.3. The Bertz CT molecular complexity index is 999. The van der Waals surface area contributed by atoms with Gasteiger partial charge in [-0.2, -0.15) is 0 Å². The Kier molecular flexibility index (Phi) is 3.89. The Morgan fingerprint density at radius 3 is 2.68 bits per heavy atom. The van der Waals surface area contributed by atoms with Gasteiger partial charge in [-0.25, -0.2) is 4.79 Å². The second kappa shape index (κ2) is 5.97. The number of rotatable bonds is 3. The van der Waals surface area contributed by atoms with Gasteiger partial charge in [0.25, 0.3) is 0 Å². The van der Waals surface area contributed by atoms with Crippen LogP contribution in [0.2, 0.25) is 0 Å². The monoisotopic (exact) mass is 415 g/mol. The molecule has 0 amide bonds. The van der Waals surface area contributed by atoms with Crippen LogP contribution in [0.1, 0.15) is 22.2 Å². The molecule has 0 bridgehead atoms. The molecule has 0 radical (unpaired) electrons. The summed E-state index contributed by atoms with van der Waals surface area (Å²) in [5.74, 6) is -0.853. The van der Waals surface area contributed by atoms with Gasteiger partial charge in [0, 0.05) is 20.3 Å². The Hall–Kier alpha value is -2.18. The molecule has 3 aromatic rings. The fourth-order valence-corrected chi connectivity index (χ4v) is 4.68. The van der Waals surface area contributed by atoms with E-state index in [1.54, 1.807) is 19.1 Å². The number of ketones is 1. The minimum Gasteiger partial charge on any atom is -0.464 e. The first-order chi connectivity index (χ1) is 12.1. The number of carbonyl (C=O) groups is 2. The summed E-state index contributed by atoms with van der Waals surface area (Å²) in [7, 11) is 0. The van der Waals surface area contributed by atoms with Crippen LogP contribution >= 0.6 is 27.3 Å². The van der Waals surface area contributed by atoms with Crippen LogP contribution < -0.4 is 5.32 Å². The number of Topliss-reactive ketones (excluding diaryl/α,β-unsaturated/α-hetero) is 1. The minimum absolute atomic E-state index is 0.210. The normalized spacial score (nSPS) is 18.9. The summed E-state index contributed by atoms with van der Waals surface area (Å²) in [5, 5.41) is 6.94. The molecule has 2 aromatic carbocycles. The van der Waals surface area contributed by atoms with Crippen molar-refractivity contribution in [1.82, 2.24) is 0 Å². The van der Waals surface area contributed by atoms with Gasteiger partial charge in [-0.3, -0.25) is 4.79 Å². The molecule has 0 aliphatic carbocycles. The lowest BCUT2D eigenvalue weighted by molar-refractivity contribution is -0.146. The Morgan fingerprint density at radius 2 is 2.00 bits per heavy atom. The van der Waals surface area contributed by atoms with Crippen LogP contribution in [-0.4, -0.2) is 18.4 Å². The van der Waals surface area contributed by atoms with Crippen LogP contribution in [0.25, 0.3) is 10.8 Å². The first-order valence-electron chi connectivity index (χ1n) is 7.85. The van der Waals surface area contributed by atoms with Crippen LogP contribution in [0.3, 0.4) is 0 Å². The number of hydrogen-bond donors (Lipinski definition) is 1. The summed E-state index contributed by atoms with van der Waals surface area (Å²) in [6, 6.07) is 13.2. The molecule has 1 aliphatic heterocycles. The third-order valence-corrected chi connectivity index (χ3v) is 6.01. The molecule has 0 spiro atoms. The maximum Gasteiger partial charge on any atom is 0.345 e. The first-order valence-corrected chi connectivity index (χ1v) is 9.52. The van der Waals surface area contributed by atoms with E-state index in [0.717, 1.165) is 15.2 Å². The standard InChI is InChI=1S/C19H14BrNO3S/c1-2-24-18(23)19(15-8-5-9-25-15)17(22)13-10-14(20)11-6-3-4-7-12(11)16(13)21-19/h3-10,21H,2H2,1H3/t19-/m1/s1. The van der Waals surface area contributed by atoms with E-state index in [-0.39, 0.29) is 12.4 Å². The highest BCUT2D eigenvalue weighted by atomic mass is 79.9. The van der Waals surface area contributed by atoms with E-state index < -0.39 is 11.5 Å². The number of fused-ring (bicyclic) bond motifs is 3. The molecule has 0 saturated carbocycles. The van der Waals surface area contributed by atoms with Crippen LogP contribution in [0.15, 0.2) is 52.3 Å². The molecule has 0 fully saturated rings. The quantitative estimate of drug-likeness (QED) is 0.496. The molecule has 4 rings (SSSR count). The summed E-state index contributed by atoms with van der Waals surface area (Å²) < 4.78 is 6.09. The van der Waals surface area contributed by atoms with Crippen LogP contribution in [0, 0.1) is 0 Å². The molecule has 0 saturated heterocycles. The highest BCUT2D eigenvalue weighted by Crippen LogP contribution is 2.46. The van der Waals surface area contributed by atoms with E-state index in [0.29, 0.717) is 16.1 Å². The van der Waals surface area contributed by atoms with Crippen LogP contribution in [-0.2, 0) is 15.1 Å². The molecule has 126 valence electrons. The molecule has 0 unspecified atom stereocenters. The molecule has 1 atom stereocenters. The number of nitrogens with one attached hydrogen (secondary N) is 1. The van der Waals surface area contributed by atoms with Crippen molar-refractivity contribution in [3.63, 3.8) is 0 Å². The number of esters is 1.